The highest BCUT2D eigenvalue weighted by atomic mass is 35.5. The number of allylic oxidation sites excluding steroid dienone is 1. The summed E-state index contributed by atoms with van der Waals surface area (Å²) in [5.41, 5.74) is 2.72. The van der Waals surface area contributed by atoms with Gasteiger partial charge in [0, 0.05) is 31.7 Å². The number of hydrogen-bond donors (Lipinski definition) is 0. The van der Waals surface area contributed by atoms with Crippen molar-refractivity contribution in [2.24, 2.45) is 5.92 Å². The zero-order valence-electron chi connectivity index (χ0n) is 26.3. The lowest BCUT2D eigenvalue weighted by atomic mass is 9.95. The third-order valence-corrected chi connectivity index (χ3v) is 9.65. The Morgan fingerprint density at radius 1 is 1.23 bits per heavy atom. The summed E-state index contributed by atoms with van der Waals surface area (Å²) in [6.07, 6.45) is 7.57. The van der Waals surface area contributed by atoms with Crippen LogP contribution in [0, 0.1) is 17.2 Å². The molecule has 0 spiro atoms. The molecule has 2 aromatic rings. The molecule has 1 aromatic heterocycles. The number of likely N-dealkylation sites (N-methyl/N-ethyl adjacent to an activating group) is 1. The van der Waals surface area contributed by atoms with Crippen LogP contribution in [0.5, 0.6) is 6.01 Å². The average molecular weight is 622 g/mol. The van der Waals surface area contributed by atoms with E-state index < -0.39 is 0 Å². The van der Waals surface area contributed by atoms with Gasteiger partial charge in [-0.05, 0) is 72.0 Å². The number of para-hydroxylation sites is 1. The number of aromatic nitrogens is 2. The van der Waals surface area contributed by atoms with Crippen LogP contribution >= 0.6 is 11.6 Å². The molecule has 1 saturated carbocycles. The van der Waals surface area contributed by atoms with Crippen molar-refractivity contribution in [3.05, 3.63) is 52.8 Å². The number of carbonyl (C=O) groups is 1. The van der Waals surface area contributed by atoms with Crippen LogP contribution in [0.3, 0.4) is 0 Å². The molecule has 1 aliphatic carbocycles. The Balaban J connectivity index is 1.45. The minimum Gasteiger partial charge on any atom is -0.466 e. The Kier molecular flexibility index (Phi) is 10.2. The zero-order chi connectivity index (χ0) is 31.3. The highest BCUT2D eigenvalue weighted by Crippen LogP contribution is 2.40. The molecule has 236 valence electrons. The topological polar surface area (TPSA) is 98.1 Å². The van der Waals surface area contributed by atoms with Gasteiger partial charge >= 0.3 is 12.0 Å². The van der Waals surface area contributed by atoms with Crippen LogP contribution in [0.1, 0.15) is 50.8 Å². The van der Waals surface area contributed by atoms with Crippen molar-refractivity contribution in [1.29, 1.82) is 5.26 Å². The first kappa shape index (κ1) is 31.9. The third kappa shape index (κ3) is 6.74. The average Bonchev–Trinajstić information content (AvgIpc) is 3.47. The van der Waals surface area contributed by atoms with Crippen molar-refractivity contribution in [1.82, 2.24) is 19.8 Å². The molecule has 3 aliphatic rings. The summed E-state index contributed by atoms with van der Waals surface area (Å²) in [6, 6.07) is 10.7. The molecule has 2 aliphatic heterocycles. The largest absolute Gasteiger partial charge is 0.466 e. The SMILES string of the molecule is CC=CN1CCN(c2nc(OCC3(N(C)C)CCC(C(=O)OCC)C3)nc3c2CCN(c2ccccc2Cl)C3)C[C@@H]1CC#N. The van der Waals surface area contributed by atoms with Gasteiger partial charge in [0.25, 0.3) is 0 Å². The van der Waals surface area contributed by atoms with Crippen LogP contribution in [0.2, 0.25) is 5.02 Å². The lowest BCUT2D eigenvalue weighted by Gasteiger charge is -2.42. The van der Waals surface area contributed by atoms with Crippen molar-refractivity contribution < 1.29 is 14.3 Å². The summed E-state index contributed by atoms with van der Waals surface area (Å²) < 4.78 is 11.8. The smallest absolute Gasteiger partial charge is 0.318 e. The number of anilines is 2. The summed E-state index contributed by atoms with van der Waals surface area (Å²) in [6.45, 7) is 8.27. The third-order valence-electron chi connectivity index (χ3n) is 9.33. The molecule has 0 amide bonds. The Labute approximate surface area is 266 Å². The predicted molar refractivity (Wildman–Crippen MR) is 172 cm³/mol. The molecule has 1 aromatic carbocycles. The number of halogens is 1. The number of ether oxygens (including phenoxy) is 2. The summed E-state index contributed by atoms with van der Waals surface area (Å²) in [4.78, 5) is 31.6. The number of nitriles is 1. The fourth-order valence-electron chi connectivity index (χ4n) is 6.80. The van der Waals surface area contributed by atoms with E-state index in [0.717, 1.165) is 61.7 Å². The second-order valence-corrected chi connectivity index (χ2v) is 12.6. The number of rotatable bonds is 10. The van der Waals surface area contributed by atoms with Crippen molar-refractivity contribution in [3.63, 3.8) is 0 Å². The van der Waals surface area contributed by atoms with Gasteiger partial charge < -0.3 is 29.1 Å². The van der Waals surface area contributed by atoms with Gasteiger partial charge in [-0.3, -0.25) is 4.79 Å². The lowest BCUT2D eigenvalue weighted by molar-refractivity contribution is -0.148. The van der Waals surface area contributed by atoms with Crippen LogP contribution in [0.25, 0.3) is 0 Å². The Morgan fingerprint density at radius 2 is 2.05 bits per heavy atom. The number of fused-ring (bicyclic) bond motifs is 1. The molecule has 2 unspecified atom stereocenters. The molecule has 0 radical (unpaired) electrons. The van der Waals surface area contributed by atoms with Crippen LogP contribution in [0.4, 0.5) is 11.5 Å². The highest BCUT2D eigenvalue weighted by Gasteiger charge is 2.45. The van der Waals surface area contributed by atoms with Crippen LogP contribution < -0.4 is 14.5 Å². The highest BCUT2D eigenvalue weighted by molar-refractivity contribution is 6.33. The fraction of sp³-hybridized carbons (Fsp3) is 0.576. The van der Waals surface area contributed by atoms with Gasteiger partial charge in [-0.25, -0.2) is 0 Å². The first-order valence-corrected chi connectivity index (χ1v) is 16.0. The maximum atomic E-state index is 12.6. The molecule has 2 fully saturated rings. The molecule has 10 nitrogen and oxygen atoms in total. The summed E-state index contributed by atoms with van der Waals surface area (Å²) in [5.74, 6) is 0.615. The molecule has 0 N–H and O–H groups in total. The summed E-state index contributed by atoms with van der Waals surface area (Å²) >= 11 is 6.59. The molecule has 3 atom stereocenters. The Bertz CT molecular complexity index is 1400. The van der Waals surface area contributed by atoms with Crippen molar-refractivity contribution in [2.75, 3.05) is 63.3 Å². The molecular weight excluding hydrogens is 578 g/mol. The van der Waals surface area contributed by atoms with Crippen LogP contribution in [0.15, 0.2) is 36.5 Å². The quantitative estimate of drug-likeness (QED) is 0.348. The van der Waals surface area contributed by atoms with Gasteiger partial charge in [0.2, 0.25) is 0 Å². The van der Waals surface area contributed by atoms with Crippen LogP contribution in [-0.2, 0) is 22.5 Å². The second kappa shape index (κ2) is 14.0. The van der Waals surface area contributed by atoms with Gasteiger partial charge in [0.05, 0.1) is 59.5 Å². The van der Waals surface area contributed by atoms with Gasteiger partial charge in [0.15, 0.2) is 0 Å². The number of nitrogens with zero attached hydrogens (tertiary/aromatic N) is 7. The van der Waals surface area contributed by atoms with E-state index in [1.165, 1.54) is 0 Å². The summed E-state index contributed by atoms with van der Waals surface area (Å²) in [5, 5.41) is 10.3. The number of benzene rings is 1. The number of esters is 1. The van der Waals surface area contributed by atoms with E-state index >= 15 is 0 Å². The molecule has 0 bridgehead atoms. The maximum Gasteiger partial charge on any atom is 0.318 e. The van der Waals surface area contributed by atoms with Gasteiger partial charge in [-0.2, -0.15) is 15.2 Å². The van der Waals surface area contributed by atoms with E-state index in [1.54, 1.807) is 0 Å². The first-order valence-electron chi connectivity index (χ1n) is 15.6. The maximum absolute atomic E-state index is 12.6. The van der Waals surface area contributed by atoms with Crippen molar-refractivity contribution >= 4 is 29.1 Å². The molecule has 3 heterocycles. The molecule has 1 saturated heterocycles. The number of carbonyl (C=O) groups excluding carboxylic acids is 1. The monoisotopic (exact) mass is 621 g/mol. The number of hydrogen-bond acceptors (Lipinski definition) is 10. The van der Waals surface area contributed by atoms with E-state index in [0.29, 0.717) is 50.2 Å². The molecule has 11 heteroatoms. The number of piperazine rings is 1. The standard InChI is InChI=1S/C33H44ClN7O3/c1-5-16-39-18-19-41(21-25(39)12-15-35)30-26-13-17-40(29-10-8-7-9-27(29)34)22-28(26)36-32(37-30)44-23-33(38(3)4)14-11-24(20-33)31(42)43-6-2/h5,7-10,16,24-25H,6,11-14,17-23H2,1-4H3/t24?,25-,33?/m0/s1. The normalized spacial score (nSPS) is 23.6. The van der Waals surface area contributed by atoms with E-state index in [9.17, 15) is 10.1 Å². The molecular formula is C33H44ClN7O3. The first-order chi connectivity index (χ1) is 21.3. The Morgan fingerprint density at radius 3 is 2.77 bits per heavy atom. The van der Waals surface area contributed by atoms with Crippen LogP contribution in [-0.4, -0.2) is 90.8 Å². The zero-order valence-corrected chi connectivity index (χ0v) is 27.1. The predicted octanol–water partition coefficient (Wildman–Crippen LogP) is 4.67. The second-order valence-electron chi connectivity index (χ2n) is 12.2. The fourth-order valence-corrected chi connectivity index (χ4v) is 7.05. The van der Waals surface area contributed by atoms with Crippen molar-refractivity contribution in [3.8, 4) is 12.1 Å². The van der Waals surface area contributed by atoms with E-state index in [-0.39, 0.29) is 23.5 Å². The van der Waals surface area contributed by atoms with E-state index in [2.05, 4.69) is 31.9 Å². The Hall–Kier alpha value is -3.55. The van der Waals surface area contributed by atoms with Gasteiger partial charge in [-0.15, -0.1) is 0 Å². The lowest BCUT2D eigenvalue weighted by Crippen LogP contribution is -2.51. The molecule has 5 rings (SSSR count). The minimum absolute atomic E-state index is 0.0680. The minimum atomic E-state index is -0.323. The van der Waals surface area contributed by atoms with E-state index in [4.69, 9.17) is 31.0 Å². The van der Waals surface area contributed by atoms with Crippen molar-refractivity contribution in [2.45, 2.75) is 64.1 Å². The summed E-state index contributed by atoms with van der Waals surface area (Å²) in [7, 11) is 4.08. The molecule has 44 heavy (non-hydrogen) atoms. The van der Waals surface area contributed by atoms with Gasteiger partial charge in [0.1, 0.15) is 12.4 Å². The van der Waals surface area contributed by atoms with E-state index in [1.807, 2.05) is 58.3 Å². The van der Waals surface area contributed by atoms with Gasteiger partial charge in [-0.1, -0.05) is 29.8 Å².